The Hall–Kier alpha value is -2.07. The van der Waals surface area contributed by atoms with Gasteiger partial charge in [0.2, 0.25) is 0 Å². The Kier molecular flexibility index (Phi) is 6.15. The standard InChI is InChI=1S/C22H30N2O2/c1-16-9-11-18(12-10-16)15-24-20-8-5-4-7-19(20)17(2)21(24)22(25)23-13-6-14-26-3/h9-12H,4-8,13-15H2,1-3H3,(H,23,25). The minimum atomic E-state index is 0.0418. The van der Waals surface area contributed by atoms with Crippen LogP contribution in [0.15, 0.2) is 24.3 Å². The summed E-state index contributed by atoms with van der Waals surface area (Å²) in [4.78, 5) is 12.9. The van der Waals surface area contributed by atoms with Gasteiger partial charge in [0.1, 0.15) is 5.69 Å². The minimum Gasteiger partial charge on any atom is -0.385 e. The van der Waals surface area contributed by atoms with Crippen molar-refractivity contribution in [2.45, 2.75) is 52.5 Å². The maximum Gasteiger partial charge on any atom is 0.268 e. The third kappa shape index (κ3) is 4.01. The molecule has 0 radical (unpaired) electrons. The number of ether oxygens (including phenoxy) is 1. The Bertz CT molecular complexity index is 759. The van der Waals surface area contributed by atoms with Gasteiger partial charge in [-0.15, -0.1) is 0 Å². The first-order chi connectivity index (χ1) is 12.6. The average molecular weight is 354 g/mol. The molecule has 1 aliphatic rings. The number of hydrogen-bond acceptors (Lipinski definition) is 2. The van der Waals surface area contributed by atoms with Gasteiger partial charge in [0.05, 0.1) is 0 Å². The number of amides is 1. The molecular formula is C22H30N2O2. The number of aryl methyl sites for hydroxylation is 1. The third-order valence-corrected chi connectivity index (χ3v) is 5.33. The van der Waals surface area contributed by atoms with E-state index in [1.165, 1.54) is 35.2 Å². The number of carbonyl (C=O) groups is 1. The van der Waals surface area contributed by atoms with E-state index in [1.54, 1.807) is 7.11 Å². The van der Waals surface area contributed by atoms with Gasteiger partial charge in [-0.25, -0.2) is 0 Å². The maximum absolute atomic E-state index is 12.9. The van der Waals surface area contributed by atoms with Crippen molar-refractivity contribution < 1.29 is 9.53 Å². The van der Waals surface area contributed by atoms with Gasteiger partial charge in [0, 0.05) is 32.5 Å². The molecule has 0 saturated heterocycles. The van der Waals surface area contributed by atoms with Crippen LogP contribution in [-0.4, -0.2) is 30.7 Å². The molecule has 2 aromatic rings. The van der Waals surface area contributed by atoms with E-state index in [9.17, 15) is 4.79 Å². The fraction of sp³-hybridized carbons (Fsp3) is 0.500. The van der Waals surface area contributed by atoms with Crippen LogP contribution in [0.1, 0.15) is 57.7 Å². The van der Waals surface area contributed by atoms with E-state index in [-0.39, 0.29) is 5.91 Å². The molecule has 0 unspecified atom stereocenters. The monoisotopic (exact) mass is 354 g/mol. The van der Waals surface area contributed by atoms with Gasteiger partial charge in [-0.05, 0) is 62.6 Å². The number of carbonyl (C=O) groups excluding carboxylic acids is 1. The molecule has 1 amide bonds. The molecule has 26 heavy (non-hydrogen) atoms. The van der Waals surface area contributed by atoms with Crippen molar-refractivity contribution in [1.29, 1.82) is 0 Å². The normalized spacial score (nSPS) is 13.5. The van der Waals surface area contributed by atoms with E-state index in [0.29, 0.717) is 13.2 Å². The summed E-state index contributed by atoms with van der Waals surface area (Å²) in [5, 5.41) is 3.08. The second-order valence-electron chi connectivity index (χ2n) is 7.28. The largest absolute Gasteiger partial charge is 0.385 e. The molecule has 3 rings (SSSR count). The Morgan fingerprint density at radius 2 is 1.88 bits per heavy atom. The molecular weight excluding hydrogens is 324 g/mol. The number of fused-ring (bicyclic) bond motifs is 1. The first-order valence-corrected chi connectivity index (χ1v) is 9.65. The molecule has 1 heterocycles. The van der Waals surface area contributed by atoms with Crippen LogP contribution in [0.5, 0.6) is 0 Å². The second-order valence-corrected chi connectivity index (χ2v) is 7.28. The lowest BCUT2D eigenvalue weighted by atomic mass is 9.95. The molecule has 4 nitrogen and oxygen atoms in total. The lowest BCUT2D eigenvalue weighted by Gasteiger charge is -2.17. The van der Waals surface area contributed by atoms with Crippen molar-refractivity contribution in [2.24, 2.45) is 0 Å². The molecule has 4 heteroatoms. The van der Waals surface area contributed by atoms with Crippen LogP contribution in [0.2, 0.25) is 0 Å². The number of benzene rings is 1. The fourth-order valence-corrected chi connectivity index (χ4v) is 3.92. The van der Waals surface area contributed by atoms with Gasteiger partial charge in [0.25, 0.3) is 5.91 Å². The van der Waals surface area contributed by atoms with Gasteiger partial charge in [-0.2, -0.15) is 0 Å². The van der Waals surface area contributed by atoms with Crippen molar-refractivity contribution in [3.05, 3.63) is 57.9 Å². The summed E-state index contributed by atoms with van der Waals surface area (Å²) in [6, 6.07) is 8.62. The topological polar surface area (TPSA) is 43.3 Å². The van der Waals surface area contributed by atoms with Crippen LogP contribution in [0, 0.1) is 13.8 Å². The highest BCUT2D eigenvalue weighted by Gasteiger charge is 2.26. The lowest BCUT2D eigenvalue weighted by Crippen LogP contribution is -2.28. The number of nitrogens with one attached hydrogen (secondary N) is 1. The number of methoxy groups -OCH3 is 1. The highest BCUT2D eigenvalue weighted by atomic mass is 16.5. The average Bonchev–Trinajstić information content (AvgIpc) is 2.93. The van der Waals surface area contributed by atoms with Crippen molar-refractivity contribution in [2.75, 3.05) is 20.3 Å². The third-order valence-electron chi connectivity index (χ3n) is 5.33. The number of aromatic nitrogens is 1. The predicted octanol–water partition coefficient (Wildman–Crippen LogP) is 3.80. The Labute approximate surface area is 156 Å². The number of rotatable bonds is 7. The summed E-state index contributed by atoms with van der Waals surface area (Å²) < 4.78 is 7.34. The maximum atomic E-state index is 12.9. The van der Waals surface area contributed by atoms with Crippen molar-refractivity contribution in [3.8, 4) is 0 Å². The van der Waals surface area contributed by atoms with E-state index in [0.717, 1.165) is 37.1 Å². The number of nitrogens with zero attached hydrogens (tertiary/aromatic N) is 1. The zero-order valence-corrected chi connectivity index (χ0v) is 16.2. The number of hydrogen-bond donors (Lipinski definition) is 1. The Morgan fingerprint density at radius 3 is 2.62 bits per heavy atom. The Balaban J connectivity index is 1.90. The Morgan fingerprint density at radius 1 is 1.15 bits per heavy atom. The molecule has 1 N–H and O–H groups in total. The highest BCUT2D eigenvalue weighted by Crippen LogP contribution is 2.30. The van der Waals surface area contributed by atoms with Crippen LogP contribution in [0.25, 0.3) is 0 Å². The van der Waals surface area contributed by atoms with Crippen molar-refractivity contribution >= 4 is 5.91 Å². The molecule has 1 aromatic heterocycles. The minimum absolute atomic E-state index is 0.0418. The van der Waals surface area contributed by atoms with Gasteiger partial charge >= 0.3 is 0 Å². The van der Waals surface area contributed by atoms with E-state index in [4.69, 9.17) is 4.74 Å². The van der Waals surface area contributed by atoms with E-state index < -0.39 is 0 Å². The van der Waals surface area contributed by atoms with E-state index in [2.05, 4.69) is 48.0 Å². The molecule has 0 spiro atoms. The summed E-state index contributed by atoms with van der Waals surface area (Å²) in [5.41, 5.74) is 7.26. The molecule has 1 aromatic carbocycles. The summed E-state index contributed by atoms with van der Waals surface area (Å²) in [6.45, 7) is 6.29. The van der Waals surface area contributed by atoms with Crippen LogP contribution in [-0.2, 0) is 24.1 Å². The van der Waals surface area contributed by atoms with Crippen LogP contribution < -0.4 is 5.32 Å². The molecule has 1 aliphatic carbocycles. The van der Waals surface area contributed by atoms with Gasteiger partial charge in [0.15, 0.2) is 0 Å². The van der Waals surface area contributed by atoms with E-state index in [1.807, 2.05) is 0 Å². The summed E-state index contributed by atoms with van der Waals surface area (Å²) in [7, 11) is 1.69. The molecule has 0 bridgehead atoms. The lowest BCUT2D eigenvalue weighted by molar-refractivity contribution is 0.0939. The summed E-state index contributed by atoms with van der Waals surface area (Å²) in [5.74, 6) is 0.0418. The SMILES string of the molecule is COCCCNC(=O)c1c(C)c2c(n1Cc1ccc(C)cc1)CCCC2. The zero-order valence-electron chi connectivity index (χ0n) is 16.2. The predicted molar refractivity (Wildman–Crippen MR) is 105 cm³/mol. The van der Waals surface area contributed by atoms with Crippen molar-refractivity contribution in [3.63, 3.8) is 0 Å². The zero-order chi connectivity index (χ0) is 18.5. The molecule has 0 aliphatic heterocycles. The van der Waals surface area contributed by atoms with Gasteiger partial charge in [-0.1, -0.05) is 29.8 Å². The molecule has 0 atom stereocenters. The smallest absolute Gasteiger partial charge is 0.268 e. The first kappa shape index (κ1) is 18.7. The highest BCUT2D eigenvalue weighted by molar-refractivity contribution is 5.95. The summed E-state index contributed by atoms with van der Waals surface area (Å²) >= 11 is 0. The van der Waals surface area contributed by atoms with E-state index >= 15 is 0 Å². The van der Waals surface area contributed by atoms with Gasteiger partial charge in [-0.3, -0.25) is 4.79 Å². The molecule has 140 valence electrons. The molecule has 0 fully saturated rings. The fourth-order valence-electron chi connectivity index (χ4n) is 3.92. The van der Waals surface area contributed by atoms with Gasteiger partial charge < -0.3 is 14.6 Å². The quantitative estimate of drug-likeness (QED) is 0.769. The van der Waals surface area contributed by atoms with Crippen LogP contribution in [0.3, 0.4) is 0 Å². The first-order valence-electron chi connectivity index (χ1n) is 9.65. The molecule has 0 saturated carbocycles. The van der Waals surface area contributed by atoms with Crippen LogP contribution >= 0.6 is 0 Å². The summed E-state index contributed by atoms with van der Waals surface area (Å²) in [6.07, 6.45) is 5.42. The van der Waals surface area contributed by atoms with Crippen LogP contribution in [0.4, 0.5) is 0 Å². The van der Waals surface area contributed by atoms with Crippen molar-refractivity contribution in [1.82, 2.24) is 9.88 Å². The second kappa shape index (κ2) is 8.54.